The first-order valence-corrected chi connectivity index (χ1v) is 13.3. The van der Waals surface area contributed by atoms with Crippen LogP contribution < -0.4 is 13.9 Å². The maximum absolute atomic E-state index is 13.6. The Kier molecular flexibility index (Phi) is 6.15. The van der Waals surface area contributed by atoms with Crippen LogP contribution in [0.25, 0.3) is 11.1 Å². The molecule has 1 saturated heterocycles. The Hall–Kier alpha value is -3.52. The normalized spacial score (nSPS) is 16.5. The molecule has 0 radical (unpaired) electrons. The number of anilines is 2. The largest absolute Gasteiger partial charge is 0.495 e. The number of hydrogen-bond acceptors (Lipinski definition) is 5. The van der Waals surface area contributed by atoms with E-state index in [9.17, 15) is 13.2 Å². The number of aryl methyl sites for hydroxylation is 1. The van der Waals surface area contributed by atoms with Crippen molar-refractivity contribution < 1.29 is 17.9 Å². The molecule has 0 saturated carbocycles. The van der Waals surface area contributed by atoms with E-state index in [0.717, 1.165) is 29.0 Å². The van der Waals surface area contributed by atoms with Crippen molar-refractivity contribution in [1.82, 2.24) is 4.90 Å². The standard InChI is InChI=1S/C27H29N3O4S/c1-3-20-12-13-23-22(18-20)21-8-4-7-11-26(21)35(32,33)30(23)19-27(31)29-16-14-28(15-17-29)24-9-5-6-10-25(24)34-2/h4-13,18H,3,14-17,19H2,1-2H3. The fourth-order valence-corrected chi connectivity index (χ4v) is 6.52. The van der Waals surface area contributed by atoms with Crippen molar-refractivity contribution in [2.24, 2.45) is 0 Å². The number of carbonyl (C=O) groups is 1. The summed E-state index contributed by atoms with van der Waals surface area (Å²) in [5, 5.41) is 0. The number of hydrogen-bond donors (Lipinski definition) is 0. The summed E-state index contributed by atoms with van der Waals surface area (Å²) in [5.41, 5.74) is 4.21. The average molecular weight is 492 g/mol. The van der Waals surface area contributed by atoms with Crippen LogP contribution in [-0.4, -0.2) is 59.1 Å². The minimum atomic E-state index is -3.85. The summed E-state index contributed by atoms with van der Waals surface area (Å²) in [6, 6.07) is 20.7. The monoisotopic (exact) mass is 491 g/mol. The fraction of sp³-hybridized carbons (Fsp3) is 0.296. The number of amides is 1. The summed E-state index contributed by atoms with van der Waals surface area (Å²) in [7, 11) is -2.20. The number of benzene rings is 3. The molecule has 0 bridgehead atoms. The number of rotatable bonds is 5. The van der Waals surface area contributed by atoms with Crippen LogP contribution in [-0.2, 0) is 21.2 Å². The first kappa shape index (κ1) is 23.2. The quantitative estimate of drug-likeness (QED) is 0.543. The van der Waals surface area contributed by atoms with E-state index in [2.05, 4.69) is 11.8 Å². The molecule has 0 N–H and O–H groups in total. The van der Waals surface area contributed by atoms with Crippen LogP contribution >= 0.6 is 0 Å². The van der Waals surface area contributed by atoms with Crippen molar-refractivity contribution in [3.63, 3.8) is 0 Å². The number of piperazine rings is 1. The minimum absolute atomic E-state index is 0.196. The number of ether oxygens (including phenoxy) is 1. The lowest BCUT2D eigenvalue weighted by Gasteiger charge is -2.38. The summed E-state index contributed by atoms with van der Waals surface area (Å²) in [5.74, 6) is 0.603. The lowest BCUT2D eigenvalue weighted by Crippen LogP contribution is -2.52. The summed E-state index contributed by atoms with van der Waals surface area (Å²) in [4.78, 5) is 17.5. The Labute approximate surface area is 206 Å². The van der Waals surface area contributed by atoms with E-state index in [1.165, 1.54) is 4.31 Å². The van der Waals surface area contributed by atoms with Crippen molar-refractivity contribution in [2.45, 2.75) is 18.2 Å². The van der Waals surface area contributed by atoms with E-state index < -0.39 is 10.0 Å². The van der Waals surface area contributed by atoms with Gasteiger partial charge in [0.15, 0.2) is 0 Å². The van der Waals surface area contributed by atoms with Gasteiger partial charge in [-0.2, -0.15) is 0 Å². The van der Waals surface area contributed by atoms with Crippen molar-refractivity contribution in [3.8, 4) is 16.9 Å². The minimum Gasteiger partial charge on any atom is -0.495 e. The predicted octanol–water partition coefficient (Wildman–Crippen LogP) is 3.78. The van der Waals surface area contributed by atoms with E-state index in [0.29, 0.717) is 37.4 Å². The van der Waals surface area contributed by atoms with Gasteiger partial charge < -0.3 is 14.5 Å². The topological polar surface area (TPSA) is 70.2 Å². The first-order chi connectivity index (χ1) is 16.9. The molecular formula is C27H29N3O4S. The predicted molar refractivity (Wildman–Crippen MR) is 138 cm³/mol. The van der Waals surface area contributed by atoms with E-state index in [1.54, 1.807) is 24.1 Å². The Balaban J connectivity index is 1.38. The van der Waals surface area contributed by atoms with Crippen LogP contribution in [0.2, 0.25) is 0 Å². The molecular weight excluding hydrogens is 462 g/mol. The van der Waals surface area contributed by atoms with E-state index in [4.69, 9.17) is 4.74 Å². The molecule has 2 heterocycles. The lowest BCUT2D eigenvalue weighted by atomic mass is 9.99. The molecule has 35 heavy (non-hydrogen) atoms. The van der Waals surface area contributed by atoms with Gasteiger partial charge in [0.25, 0.3) is 10.0 Å². The molecule has 2 aliphatic rings. The molecule has 5 rings (SSSR count). The smallest absolute Gasteiger partial charge is 0.265 e. The molecule has 3 aromatic rings. The number of fused-ring (bicyclic) bond motifs is 3. The van der Waals surface area contributed by atoms with E-state index >= 15 is 0 Å². The molecule has 0 unspecified atom stereocenters. The number of carbonyl (C=O) groups excluding carboxylic acids is 1. The molecule has 0 aliphatic carbocycles. The molecule has 0 spiro atoms. The summed E-state index contributed by atoms with van der Waals surface area (Å²) in [6.45, 7) is 4.19. The Morgan fingerprint density at radius 2 is 1.60 bits per heavy atom. The van der Waals surface area contributed by atoms with Gasteiger partial charge in [0, 0.05) is 37.3 Å². The highest BCUT2D eigenvalue weighted by atomic mass is 32.2. The van der Waals surface area contributed by atoms with Crippen molar-refractivity contribution in [3.05, 3.63) is 72.3 Å². The van der Waals surface area contributed by atoms with Crippen LogP contribution in [0.1, 0.15) is 12.5 Å². The third-order valence-electron chi connectivity index (χ3n) is 6.82. The Morgan fingerprint density at radius 1 is 0.886 bits per heavy atom. The highest BCUT2D eigenvalue weighted by molar-refractivity contribution is 7.93. The molecule has 8 heteroatoms. The van der Waals surface area contributed by atoms with Gasteiger partial charge in [0.2, 0.25) is 5.91 Å². The van der Waals surface area contributed by atoms with Gasteiger partial charge in [-0.1, -0.05) is 43.3 Å². The number of sulfonamides is 1. The van der Waals surface area contributed by atoms with Crippen molar-refractivity contribution in [2.75, 3.05) is 49.0 Å². The average Bonchev–Trinajstić information content (AvgIpc) is 2.90. The maximum atomic E-state index is 13.6. The van der Waals surface area contributed by atoms with Gasteiger partial charge in [-0.25, -0.2) is 8.42 Å². The number of nitrogens with zero attached hydrogens (tertiary/aromatic N) is 3. The number of para-hydroxylation sites is 2. The molecule has 3 aromatic carbocycles. The SMILES string of the molecule is CCc1ccc2c(c1)-c1ccccc1S(=O)(=O)N2CC(=O)N1CCN(c2ccccc2OC)CC1. The third-order valence-corrected chi connectivity index (χ3v) is 8.64. The maximum Gasteiger partial charge on any atom is 0.265 e. The van der Waals surface area contributed by atoms with Gasteiger partial charge in [-0.05, 0) is 42.3 Å². The van der Waals surface area contributed by atoms with E-state index in [-0.39, 0.29) is 17.3 Å². The molecule has 182 valence electrons. The zero-order valence-corrected chi connectivity index (χ0v) is 20.8. The molecule has 0 atom stereocenters. The third kappa shape index (κ3) is 4.12. The summed E-state index contributed by atoms with van der Waals surface area (Å²) < 4.78 is 33.9. The van der Waals surface area contributed by atoms with Gasteiger partial charge >= 0.3 is 0 Å². The van der Waals surface area contributed by atoms with Crippen LogP contribution in [0.3, 0.4) is 0 Å². The van der Waals surface area contributed by atoms with Crippen LogP contribution in [0.5, 0.6) is 5.75 Å². The zero-order valence-electron chi connectivity index (χ0n) is 20.0. The second-order valence-electron chi connectivity index (χ2n) is 8.75. The molecule has 2 aliphatic heterocycles. The Morgan fingerprint density at radius 3 is 2.34 bits per heavy atom. The lowest BCUT2D eigenvalue weighted by molar-refractivity contribution is -0.129. The first-order valence-electron chi connectivity index (χ1n) is 11.8. The molecule has 1 fully saturated rings. The van der Waals surface area contributed by atoms with Crippen LogP contribution in [0.15, 0.2) is 71.6 Å². The Bertz CT molecular complexity index is 1360. The molecule has 0 aromatic heterocycles. The van der Waals surface area contributed by atoms with Gasteiger partial charge in [0.05, 0.1) is 23.4 Å². The second kappa shape index (κ2) is 9.26. The summed E-state index contributed by atoms with van der Waals surface area (Å²) in [6.07, 6.45) is 0.845. The van der Waals surface area contributed by atoms with Gasteiger partial charge in [0.1, 0.15) is 12.3 Å². The van der Waals surface area contributed by atoms with Gasteiger partial charge in [-0.15, -0.1) is 0 Å². The van der Waals surface area contributed by atoms with Crippen LogP contribution in [0, 0.1) is 0 Å². The molecule has 7 nitrogen and oxygen atoms in total. The zero-order chi connectivity index (χ0) is 24.6. The molecule has 1 amide bonds. The van der Waals surface area contributed by atoms with Crippen molar-refractivity contribution in [1.29, 1.82) is 0 Å². The second-order valence-corrected chi connectivity index (χ2v) is 10.6. The highest BCUT2D eigenvalue weighted by Gasteiger charge is 2.37. The summed E-state index contributed by atoms with van der Waals surface area (Å²) >= 11 is 0. The highest BCUT2D eigenvalue weighted by Crippen LogP contribution is 2.43. The van der Waals surface area contributed by atoms with Crippen LogP contribution in [0.4, 0.5) is 11.4 Å². The fourth-order valence-electron chi connectivity index (χ4n) is 4.88. The van der Waals surface area contributed by atoms with Gasteiger partial charge in [-0.3, -0.25) is 9.10 Å². The van der Waals surface area contributed by atoms with Crippen molar-refractivity contribution >= 4 is 27.3 Å². The number of methoxy groups -OCH3 is 1. The van der Waals surface area contributed by atoms with E-state index in [1.807, 2.05) is 54.6 Å².